The molecule has 0 aromatic heterocycles. The van der Waals surface area contributed by atoms with E-state index in [0.29, 0.717) is 0 Å². The predicted octanol–water partition coefficient (Wildman–Crippen LogP) is 7.79. The van der Waals surface area contributed by atoms with Gasteiger partial charge in [0.1, 0.15) is 0 Å². The van der Waals surface area contributed by atoms with Crippen LogP contribution in [-0.4, -0.2) is 5.54 Å². The third-order valence-corrected chi connectivity index (χ3v) is 8.18. The molecule has 0 aliphatic heterocycles. The lowest BCUT2D eigenvalue weighted by Gasteiger charge is -2.40. The van der Waals surface area contributed by atoms with E-state index in [0.717, 1.165) is 52.9 Å². The number of hydrogen-bond donors (Lipinski definition) is 0. The number of hydrogen-bond acceptors (Lipinski definition) is 0. The third-order valence-electron chi connectivity index (χ3n) is 7.44. The fourth-order valence-electron chi connectivity index (χ4n) is 6.09. The standard InChI is InChI=1S/C22H42BBr/c1-15(2)21-9-7-17(5)11-19(21)13-23(24)14-20-12-18(6)8-10-22(20)16(3)4/h15-22H,7-14H2,1-6H3/t17-,18-,19-,20-,21+,22+/m1/s1. The molecule has 2 saturated carbocycles. The molecule has 140 valence electrons. The van der Waals surface area contributed by atoms with Crippen molar-refractivity contribution in [3.63, 3.8) is 0 Å². The van der Waals surface area contributed by atoms with Crippen molar-refractivity contribution in [3.05, 3.63) is 0 Å². The molecule has 0 spiro atoms. The maximum atomic E-state index is 4.14. The Balaban J connectivity index is 1.93. The second kappa shape index (κ2) is 9.47. The van der Waals surface area contributed by atoms with E-state index in [1.807, 2.05) is 0 Å². The SMILES string of the molecule is CC(C)[C@@H]1CC[C@@H](C)C[C@@H]1CB(Br)C[C@H]1C[C@H](C)CC[C@H]1C(C)C. The van der Waals surface area contributed by atoms with Crippen molar-refractivity contribution >= 4 is 21.3 Å². The minimum Gasteiger partial charge on any atom is -0.157 e. The van der Waals surface area contributed by atoms with Crippen LogP contribution in [0.25, 0.3) is 0 Å². The molecule has 2 heteroatoms. The summed E-state index contributed by atoms with van der Waals surface area (Å²) in [6.07, 6.45) is 11.6. The van der Waals surface area contributed by atoms with Gasteiger partial charge >= 0.3 is 0 Å². The molecular weight excluding hydrogens is 355 g/mol. The van der Waals surface area contributed by atoms with Gasteiger partial charge in [0.05, 0.1) is 0 Å². The van der Waals surface area contributed by atoms with Crippen LogP contribution in [0.2, 0.25) is 12.6 Å². The first-order valence-electron chi connectivity index (χ1n) is 10.9. The Morgan fingerprint density at radius 1 is 0.750 bits per heavy atom. The minimum atomic E-state index is 0.741. The Morgan fingerprint density at radius 2 is 1.12 bits per heavy atom. The van der Waals surface area contributed by atoms with Crippen molar-refractivity contribution in [2.24, 2.45) is 47.3 Å². The highest BCUT2D eigenvalue weighted by Crippen LogP contribution is 2.44. The first-order chi connectivity index (χ1) is 11.3. The average molecular weight is 397 g/mol. The van der Waals surface area contributed by atoms with Crippen LogP contribution >= 0.6 is 15.8 Å². The van der Waals surface area contributed by atoms with E-state index < -0.39 is 0 Å². The van der Waals surface area contributed by atoms with Crippen LogP contribution in [0.3, 0.4) is 0 Å². The highest BCUT2D eigenvalue weighted by Gasteiger charge is 2.36. The fourth-order valence-corrected chi connectivity index (χ4v) is 7.06. The van der Waals surface area contributed by atoms with Gasteiger partial charge in [-0.2, -0.15) is 15.8 Å². The smallest absolute Gasteiger partial charge is 0.157 e. The molecule has 2 aliphatic carbocycles. The van der Waals surface area contributed by atoms with Gasteiger partial charge in [-0.3, -0.25) is 0 Å². The van der Waals surface area contributed by atoms with Crippen LogP contribution in [-0.2, 0) is 0 Å². The van der Waals surface area contributed by atoms with Crippen molar-refractivity contribution in [2.75, 3.05) is 0 Å². The lowest BCUT2D eigenvalue weighted by Crippen LogP contribution is -2.33. The summed E-state index contributed by atoms with van der Waals surface area (Å²) < 4.78 is 0. The first-order valence-corrected chi connectivity index (χ1v) is 11.8. The van der Waals surface area contributed by atoms with Crippen molar-refractivity contribution in [3.8, 4) is 0 Å². The van der Waals surface area contributed by atoms with Crippen molar-refractivity contribution in [1.82, 2.24) is 0 Å². The molecule has 0 radical (unpaired) electrons. The monoisotopic (exact) mass is 396 g/mol. The average Bonchev–Trinajstić information content (AvgIpc) is 2.46. The van der Waals surface area contributed by atoms with E-state index >= 15 is 0 Å². The second-order valence-corrected chi connectivity index (χ2v) is 11.5. The number of rotatable bonds is 6. The Bertz CT molecular complexity index is 333. The summed E-state index contributed by atoms with van der Waals surface area (Å²) in [7, 11) is 0. The quantitative estimate of drug-likeness (QED) is 0.401. The van der Waals surface area contributed by atoms with E-state index in [4.69, 9.17) is 0 Å². The lowest BCUT2D eigenvalue weighted by molar-refractivity contribution is 0.152. The second-order valence-electron chi connectivity index (χ2n) is 10.2. The molecule has 0 unspecified atom stereocenters. The zero-order chi connectivity index (χ0) is 17.9. The molecule has 24 heavy (non-hydrogen) atoms. The lowest BCUT2D eigenvalue weighted by atomic mass is 9.53. The van der Waals surface area contributed by atoms with Crippen LogP contribution in [0, 0.1) is 47.3 Å². The molecule has 2 rings (SSSR count). The minimum absolute atomic E-state index is 0.741. The topological polar surface area (TPSA) is 0 Å². The molecule has 0 nitrogen and oxygen atoms in total. The van der Waals surface area contributed by atoms with Crippen LogP contribution in [0.1, 0.15) is 80.1 Å². The zero-order valence-corrected chi connectivity index (χ0v) is 18.8. The molecule has 2 aliphatic rings. The van der Waals surface area contributed by atoms with Crippen LogP contribution in [0.5, 0.6) is 0 Å². The van der Waals surface area contributed by atoms with Gasteiger partial charge in [0, 0.05) is 0 Å². The highest BCUT2D eigenvalue weighted by molar-refractivity contribution is 9.24. The summed E-state index contributed by atoms with van der Waals surface area (Å²) in [6, 6.07) is 0. The maximum Gasteiger partial charge on any atom is 0.223 e. The number of halogens is 1. The summed E-state index contributed by atoms with van der Waals surface area (Å²) in [5.41, 5.74) is 0.741. The van der Waals surface area contributed by atoms with E-state index in [1.165, 1.54) is 51.2 Å². The molecule has 0 saturated heterocycles. The Morgan fingerprint density at radius 3 is 1.46 bits per heavy atom. The summed E-state index contributed by atoms with van der Waals surface area (Å²) >= 11 is 4.14. The Hall–Kier alpha value is 0.545. The summed E-state index contributed by atoms with van der Waals surface area (Å²) in [4.78, 5) is 0. The molecule has 0 bridgehead atoms. The highest BCUT2D eigenvalue weighted by atomic mass is 79.9. The molecule has 0 heterocycles. The fraction of sp³-hybridized carbons (Fsp3) is 1.00. The van der Waals surface area contributed by atoms with E-state index in [2.05, 4.69) is 57.3 Å². The van der Waals surface area contributed by atoms with E-state index in [1.54, 1.807) is 0 Å². The molecule has 0 aromatic carbocycles. The molecule has 2 fully saturated rings. The van der Waals surface area contributed by atoms with Gasteiger partial charge in [-0.25, -0.2) is 0 Å². The molecule has 6 atom stereocenters. The summed E-state index contributed by atoms with van der Waals surface area (Å²) in [5.74, 6) is 7.46. The normalized spacial score (nSPS) is 37.9. The summed E-state index contributed by atoms with van der Waals surface area (Å²) in [6.45, 7) is 14.8. The van der Waals surface area contributed by atoms with Gasteiger partial charge in [-0.15, -0.1) is 0 Å². The van der Waals surface area contributed by atoms with Gasteiger partial charge in [0.15, 0.2) is 0 Å². The third kappa shape index (κ3) is 5.78. The Labute approximate surface area is 161 Å². The van der Waals surface area contributed by atoms with Gasteiger partial charge in [-0.1, -0.05) is 67.0 Å². The molecular formula is C22H42BBr. The van der Waals surface area contributed by atoms with Gasteiger partial charge < -0.3 is 0 Å². The van der Waals surface area contributed by atoms with Gasteiger partial charge in [-0.05, 0) is 73.0 Å². The van der Waals surface area contributed by atoms with Crippen molar-refractivity contribution < 1.29 is 0 Å². The molecule has 0 N–H and O–H groups in total. The first kappa shape index (κ1) is 20.9. The van der Waals surface area contributed by atoms with Crippen LogP contribution in [0.15, 0.2) is 0 Å². The maximum absolute atomic E-state index is 4.14. The summed E-state index contributed by atoms with van der Waals surface area (Å²) in [5, 5.41) is 0. The largest absolute Gasteiger partial charge is 0.223 e. The molecule has 0 aromatic rings. The van der Waals surface area contributed by atoms with Crippen LogP contribution < -0.4 is 0 Å². The Kier molecular flexibility index (Phi) is 8.23. The van der Waals surface area contributed by atoms with Gasteiger partial charge in [0.25, 0.3) is 0 Å². The predicted molar refractivity (Wildman–Crippen MR) is 114 cm³/mol. The van der Waals surface area contributed by atoms with Crippen LogP contribution in [0.4, 0.5) is 0 Å². The van der Waals surface area contributed by atoms with Gasteiger partial charge in [0.2, 0.25) is 5.54 Å². The van der Waals surface area contributed by atoms with Crippen molar-refractivity contribution in [1.29, 1.82) is 0 Å². The van der Waals surface area contributed by atoms with E-state index in [9.17, 15) is 0 Å². The molecule has 0 amide bonds. The van der Waals surface area contributed by atoms with Crippen molar-refractivity contribution in [2.45, 2.75) is 92.7 Å². The van der Waals surface area contributed by atoms with E-state index in [-0.39, 0.29) is 0 Å². The zero-order valence-electron chi connectivity index (χ0n) is 17.2.